The number of fused-ring (bicyclic) bond motifs is 1. The van der Waals surface area contributed by atoms with E-state index < -0.39 is 29.6 Å². The summed E-state index contributed by atoms with van der Waals surface area (Å²) in [6, 6.07) is 4.55. The number of carbonyl (C=O) groups is 3. The van der Waals surface area contributed by atoms with Crippen LogP contribution in [0.1, 0.15) is 51.0 Å². The number of likely N-dealkylation sites (tertiary alicyclic amines) is 1. The van der Waals surface area contributed by atoms with Gasteiger partial charge < -0.3 is 24.5 Å². The fourth-order valence-electron chi connectivity index (χ4n) is 7.14. The highest BCUT2D eigenvalue weighted by Gasteiger charge is 2.76. The third kappa shape index (κ3) is 5.82. The molecule has 3 heterocycles. The average Bonchev–Trinajstić information content (AvgIpc) is 3.54. The number of benzene rings is 1. The van der Waals surface area contributed by atoms with Crippen molar-refractivity contribution in [1.29, 1.82) is 0 Å². The highest BCUT2D eigenvalue weighted by atomic mass is 79.9. The van der Waals surface area contributed by atoms with Gasteiger partial charge >= 0.3 is 0 Å². The van der Waals surface area contributed by atoms with Gasteiger partial charge in [0.2, 0.25) is 11.8 Å². The minimum absolute atomic E-state index is 0.118. The van der Waals surface area contributed by atoms with Gasteiger partial charge in [0.05, 0.1) is 28.6 Å². The molecule has 42 heavy (non-hydrogen) atoms. The van der Waals surface area contributed by atoms with Crippen LogP contribution in [0.25, 0.3) is 0 Å². The number of hydrogen-bond donors (Lipinski definition) is 1. The van der Waals surface area contributed by atoms with Crippen molar-refractivity contribution in [3.05, 3.63) is 54.1 Å². The summed E-state index contributed by atoms with van der Waals surface area (Å²) in [5.74, 6) is -2.10. The van der Waals surface area contributed by atoms with Crippen molar-refractivity contribution >= 4 is 50.9 Å². The maximum Gasteiger partial charge on any atom is 0.253 e. The largest absolute Gasteiger partial charge is 0.396 e. The molecule has 3 fully saturated rings. The van der Waals surface area contributed by atoms with Gasteiger partial charge in [-0.2, -0.15) is 0 Å². The topological polar surface area (TPSA) is 90.4 Å². The number of halogens is 2. The van der Waals surface area contributed by atoms with E-state index in [0.29, 0.717) is 49.6 Å². The number of hydrogen-bond acceptors (Lipinski definition) is 5. The lowest BCUT2D eigenvalue weighted by Crippen LogP contribution is -2.57. The van der Waals surface area contributed by atoms with Crippen molar-refractivity contribution < 1.29 is 24.2 Å². The lowest BCUT2D eigenvalue weighted by atomic mass is 9.70. The molecule has 0 saturated carbocycles. The van der Waals surface area contributed by atoms with E-state index in [1.54, 1.807) is 32.9 Å². The fourth-order valence-corrected chi connectivity index (χ4v) is 8.41. The molecule has 4 rings (SSSR count). The Kier molecular flexibility index (Phi) is 10.9. The molecule has 1 aromatic carbocycles. The Morgan fingerprint density at radius 3 is 2.55 bits per heavy atom. The van der Waals surface area contributed by atoms with Gasteiger partial charge in [0.15, 0.2) is 0 Å². The molecule has 230 valence electrons. The van der Waals surface area contributed by atoms with E-state index in [2.05, 4.69) is 29.1 Å². The van der Waals surface area contributed by atoms with E-state index in [1.807, 2.05) is 26.0 Å². The van der Waals surface area contributed by atoms with Crippen LogP contribution in [0.4, 0.5) is 5.69 Å². The number of aliphatic hydroxyl groups excluding tert-OH is 1. The quantitative estimate of drug-likeness (QED) is 0.164. The zero-order valence-corrected chi connectivity index (χ0v) is 27.0. The van der Waals surface area contributed by atoms with Crippen LogP contribution in [-0.2, 0) is 19.1 Å². The molecule has 1 aromatic rings. The number of aliphatic hydroxyl groups is 1. The molecule has 3 unspecified atom stereocenters. The Labute approximate surface area is 262 Å². The number of rotatable bonds is 15. The molecule has 2 bridgehead atoms. The predicted molar refractivity (Wildman–Crippen MR) is 169 cm³/mol. The number of nitrogens with zero attached hydrogens (tertiary/aromatic N) is 3. The number of alkyl halides is 1. The second-order valence-electron chi connectivity index (χ2n) is 11.5. The first-order valence-electron chi connectivity index (χ1n) is 15.0. The Bertz CT molecular complexity index is 1180. The van der Waals surface area contributed by atoms with Crippen LogP contribution in [0.3, 0.4) is 0 Å². The van der Waals surface area contributed by atoms with Crippen LogP contribution in [0.2, 0.25) is 5.02 Å². The van der Waals surface area contributed by atoms with Crippen molar-refractivity contribution in [2.24, 2.45) is 11.8 Å². The summed E-state index contributed by atoms with van der Waals surface area (Å²) in [5.41, 5.74) is 0.253. The summed E-state index contributed by atoms with van der Waals surface area (Å²) in [4.78, 5) is 48.1. The Balaban J connectivity index is 1.78. The molecular formula is C32H43BrClN3O5. The molecule has 6 atom stereocenters. The summed E-state index contributed by atoms with van der Waals surface area (Å²) in [5, 5.41) is 9.64. The molecule has 1 N–H and O–H groups in total. The molecule has 3 aliphatic rings. The van der Waals surface area contributed by atoms with E-state index in [1.165, 1.54) is 0 Å². The second-order valence-corrected chi connectivity index (χ2v) is 13.1. The zero-order valence-electron chi connectivity index (χ0n) is 24.6. The molecule has 0 aromatic heterocycles. The first-order chi connectivity index (χ1) is 20.2. The van der Waals surface area contributed by atoms with Crippen molar-refractivity contribution in [2.45, 2.75) is 74.9 Å². The predicted octanol–water partition coefficient (Wildman–Crippen LogP) is 4.89. The van der Waals surface area contributed by atoms with Gasteiger partial charge in [-0.15, -0.1) is 13.2 Å². The molecule has 3 aliphatic heterocycles. The number of para-hydroxylation sites is 1. The molecule has 8 nitrogen and oxygen atoms in total. The molecule has 0 radical (unpaired) electrons. The SMILES string of the molecule is C=CCN(CCC)C(=O)[C@H]1[C@H]2C(=O)N(CCCCCCO)C(C(=O)N(CC=C)c3c(C)cccc3Cl)C23CC(Br)[C@@H]1O3. The van der Waals surface area contributed by atoms with E-state index in [-0.39, 0.29) is 35.7 Å². The normalized spacial score (nSPS) is 27.7. The number of carbonyl (C=O) groups excluding carboxylic acids is 3. The van der Waals surface area contributed by atoms with Gasteiger partial charge in [0.25, 0.3) is 5.91 Å². The third-order valence-electron chi connectivity index (χ3n) is 8.81. The maximum atomic E-state index is 14.8. The van der Waals surface area contributed by atoms with Crippen LogP contribution in [0.5, 0.6) is 0 Å². The van der Waals surface area contributed by atoms with Gasteiger partial charge in [-0.3, -0.25) is 14.4 Å². The van der Waals surface area contributed by atoms with E-state index >= 15 is 0 Å². The first kappa shape index (κ1) is 32.7. The van der Waals surface area contributed by atoms with Gasteiger partial charge in [-0.1, -0.05) is 71.6 Å². The van der Waals surface area contributed by atoms with E-state index in [4.69, 9.17) is 16.3 Å². The first-order valence-corrected chi connectivity index (χ1v) is 16.3. The van der Waals surface area contributed by atoms with E-state index in [0.717, 1.165) is 24.8 Å². The van der Waals surface area contributed by atoms with Crippen LogP contribution >= 0.6 is 27.5 Å². The zero-order chi connectivity index (χ0) is 30.6. The molecule has 1 spiro atoms. The summed E-state index contributed by atoms with van der Waals surface area (Å²) >= 11 is 10.4. The lowest BCUT2D eigenvalue weighted by Gasteiger charge is -2.38. The highest BCUT2D eigenvalue weighted by Crippen LogP contribution is 2.60. The summed E-state index contributed by atoms with van der Waals surface area (Å²) in [7, 11) is 0. The van der Waals surface area contributed by atoms with Crippen LogP contribution in [0, 0.1) is 18.8 Å². The number of unbranched alkanes of at least 4 members (excludes halogenated alkanes) is 3. The van der Waals surface area contributed by atoms with Crippen molar-refractivity contribution in [1.82, 2.24) is 9.80 Å². The number of ether oxygens (including phenoxy) is 1. The monoisotopic (exact) mass is 663 g/mol. The third-order valence-corrected chi connectivity index (χ3v) is 9.96. The molecule has 3 saturated heterocycles. The Morgan fingerprint density at radius 1 is 1.19 bits per heavy atom. The number of anilines is 1. The second kappa shape index (κ2) is 14.1. The molecule has 10 heteroatoms. The van der Waals surface area contributed by atoms with Crippen LogP contribution in [-0.4, -0.2) is 88.0 Å². The maximum absolute atomic E-state index is 14.8. The highest BCUT2D eigenvalue weighted by molar-refractivity contribution is 9.09. The van der Waals surface area contributed by atoms with Crippen molar-refractivity contribution in [3.63, 3.8) is 0 Å². The molecule has 0 aliphatic carbocycles. The van der Waals surface area contributed by atoms with Gasteiger partial charge in [-0.25, -0.2) is 0 Å². The van der Waals surface area contributed by atoms with Crippen molar-refractivity contribution in [3.8, 4) is 0 Å². The average molecular weight is 665 g/mol. The van der Waals surface area contributed by atoms with Gasteiger partial charge in [0.1, 0.15) is 11.6 Å². The van der Waals surface area contributed by atoms with Gasteiger partial charge in [-0.05, 0) is 44.2 Å². The van der Waals surface area contributed by atoms with Gasteiger partial charge in [0, 0.05) is 37.6 Å². The summed E-state index contributed by atoms with van der Waals surface area (Å²) < 4.78 is 6.72. The minimum Gasteiger partial charge on any atom is -0.396 e. The van der Waals surface area contributed by atoms with Crippen LogP contribution in [0.15, 0.2) is 43.5 Å². The Hall–Kier alpha value is -2.20. The minimum atomic E-state index is -1.15. The molecular weight excluding hydrogens is 622 g/mol. The standard InChI is InChI=1S/C32H43BrClN3O5/c1-5-15-35(16-6-2)29(39)24-25-30(40)37(18-10-8-9-11-19-38)28(32(25)20-22(33)27(24)42-32)31(41)36(17-7-3)26-21(4)13-12-14-23(26)34/h5,7,12-14,22,24-25,27-28,38H,1,3,6,8-11,15-20H2,2,4H3/t22?,24-,25-,27-,28?,32?/m0/s1. The summed E-state index contributed by atoms with van der Waals surface area (Å²) in [6.45, 7) is 13.2. The van der Waals surface area contributed by atoms with E-state index in [9.17, 15) is 19.5 Å². The van der Waals surface area contributed by atoms with Crippen LogP contribution < -0.4 is 4.90 Å². The Morgan fingerprint density at radius 2 is 1.90 bits per heavy atom. The number of amides is 3. The van der Waals surface area contributed by atoms with Crippen molar-refractivity contribution in [2.75, 3.05) is 37.7 Å². The fraction of sp³-hybridized carbons (Fsp3) is 0.594. The number of aryl methyl sites for hydroxylation is 1. The lowest BCUT2D eigenvalue weighted by molar-refractivity contribution is -0.145. The molecule has 3 amide bonds. The smallest absolute Gasteiger partial charge is 0.253 e. The summed E-state index contributed by atoms with van der Waals surface area (Å²) in [6.07, 6.45) is 7.02.